The average Bonchev–Trinajstić information content (AvgIpc) is 2.58. The number of nitrogens with one attached hydrogen (secondary N) is 1. The molecule has 0 atom stereocenters. The van der Waals surface area contributed by atoms with E-state index in [0.29, 0.717) is 0 Å². The standard InChI is InChI=1S/C9H4BrF3N2O2/c10-3-1-4(9(11,12)13)6-5(2-3)14-7(15-6)8(16)17/h1-2H,(H,14,15)(H,16,17). The van der Waals surface area contributed by atoms with Gasteiger partial charge >= 0.3 is 12.1 Å². The van der Waals surface area contributed by atoms with E-state index in [9.17, 15) is 18.0 Å². The maximum Gasteiger partial charge on any atom is 0.418 e. The summed E-state index contributed by atoms with van der Waals surface area (Å²) in [6, 6.07) is 2.18. The van der Waals surface area contributed by atoms with E-state index in [1.165, 1.54) is 6.07 Å². The van der Waals surface area contributed by atoms with Gasteiger partial charge in [0.2, 0.25) is 5.82 Å². The second-order valence-corrected chi connectivity index (χ2v) is 4.15. The number of halogens is 4. The summed E-state index contributed by atoms with van der Waals surface area (Å²) in [4.78, 5) is 16.3. The monoisotopic (exact) mass is 308 g/mol. The fraction of sp³-hybridized carbons (Fsp3) is 0.111. The lowest BCUT2D eigenvalue weighted by atomic mass is 10.2. The van der Waals surface area contributed by atoms with E-state index in [1.54, 1.807) is 0 Å². The number of carboxylic acids is 1. The summed E-state index contributed by atoms with van der Waals surface area (Å²) >= 11 is 2.92. The third kappa shape index (κ3) is 2.12. The van der Waals surface area contributed by atoms with Gasteiger partial charge in [0.25, 0.3) is 0 Å². The molecule has 0 saturated heterocycles. The number of rotatable bonds is 1. The number of fused-ring (bicyclic) bond motifs is 1. The lowest BCUT2D eigenvalue weighted by Crippen LogP contribution is -2.06. The quantitative estimate of drug-likeness (QED) is 0.851. The molecule has 4 nitrogen and oxygen atoms in total. The van der Waals surface area contributed by atoms with Gasteiger partial charge < -0.3 is 10.1 Å². The van der Waals surface area contributed by atoms with E-state index in [1.807, 2.05) is 0 Å². The van der Waals surface area contributed by atoms with Crippen LogP contribution in [0.1, 0.15) is 16.2 Å². The number of benzene rings is 1. The summed E-state index contributed by atoms with van der Waals surface area (Å²) in [6.07, 6.45) is -4.58. The molecule has 0 saturated carbocycles. The van der Waals surface area contributed by atoms with Crippen LogP contribution >= 0.6 is 15.9 Å². The van der Waals surface area contributed by atoms with E-state index in [2.05, 4.69) is 25.9 Å². The molecule has 0 amide bonds. The van der Waals surface area contributed by atoms with Crippen molar-refractivity contribution in [3.05, 3.63) is 28.0 Å². The van der Waals surface area contributed by atoms with Gasteiger partial charge in [-0.2, -0.15) is 13.2 Å². The van der Waals surface area contributed by atoms with Crippen LogP contribution in [0.5, 0.6) is 0 Å². The number of H-pyrrole nitrogens is 1. The number of aromatic nitrogens is 2. The SMILES string of the molecule is O=C(O)c1nc2cc(Br)cc(C(F)(F)F)c2[nH]1. The highest BCUT2D eigenvalue weighted by Gasteiger charge is 2.34. The van der Waals surface area contributed by atoms with Crippen molar-refractivity contribution in [2.24, 2.45) is 0 Å². The van der Waals surface area contributed by atoms with Crippen molar-refractivity contribution in [1.29, 1.82) is 0 Å². The van der Waals surface area contributed by atoms with Crippen molar-refractivity contribution in [3.8, 4) is 0 Å². The Morgan fingerprint density at radius 2 is 2.06 bits per heavy atom. The third-order valence-electron chi connectivity index (χ3n) is 2.07. The summed E-state index contributed by atoms with van der Waals surface area (Å²) in [7, 11) is 0. The van der Waals surface area contributed by atoms with Crippen molar-refractivity contribution in [2.75, 3.05) is 0 Å². The van der Waals surface area contributed by atoms with Gasteiger partial charge in [0.1, 0.15) is 0 Å². The minimum Gasteiger partial charge on any atom is -0.475 e. The lowest BCUT2D eigenvalue weighted by Gasteiger charge is -2.07. The molecule has 0 spiro atoms. The molecular weight excluding hydrogens is 305 g/mol. The second-order valence-electron chi connectivity index (χ2n) is 3.24. The molecule has 0 bridgehead atoms. The molecular formula is C9H4BrF3N2O2. The zero-order valence-corrected chi connectivity index (χ0v) is 9.56. The minimum absolute atomic E-state index is 0.0518. The van der Waals surface area contributed by atoms with Crippen LogP contribution in [-0.4, -0.2) is 21.0 Å². The first-order valence-corrected chi connectivity index (χ1v) is 5.08. The van der Waals surface area contributed by atoms with Gasteiger partial charge in [0, 0.05) is 4.47 Å². The van der Waals surface area contributed by atoms with Crippen molar-refractivity contribution in [2.45, 2.75) is 6.18 Å². The molecule has 0 aliphatic heterocycles. The van der Waals surface area contributed by atoms with Crippen LogP contribution < -0.4 is 0 Å². The molecule has 2 rings (SSSR count). The summed E-state index contributed by atoms with van der Waals surface area (Å²) in [6.45, 7) is 0. The number of carboxylic acid groups (broad SMARTS) is 1. The van der Waals surface area contributed by atoms with E-state index in [-0.39, 0.29) is 15.5 Å². The molecule has 0 aliphatic rings. The Kier molecular flexibility index (Phi) is 2.61. The summed E-state index contributed by atoms with van der Waals surface area (Å²) < 4.78 is 38.3. The van der Waals surface area contributed by atoms with Crippen molar-refractivity contribution < 1.29 is 23.1 Å². The Morgan fingerprint density at radius 1 is 1.41 bits per heavy atom. The number of aromatic amines is 1. The number of hydrogen-bond acceptors (Lipinski definition) is 2. The van der Waals surface area contributed by atoms with E-state index in [4.69, 9.17) is 5.11 Å². The molecule has 0 fully saturated rings. The Balaban J connectivity index is 2.79. The van der Waals surface area contributed by atoms with Gasteiger partial charge in [-0.3, -0.25) is 0 Å². The molecule has 8 heteroatoms. The van der Waals surface area contributed by atoms with Crippen LogP contribution in [0, 0.1) is 0 Å². The fourth-order valence-corrected chi connectivity index (χ4v) is 1.85. The van der Waals surface area contributed by atoms with Gasteiger partial charge in [0.05, 0.1) is 16.6 Å². The topological polar surface area (TPSA) is 66.0 Å². The molecule has 0 unspecified atom stereocenters. The van der Waals surface area contributed by atoms with E-state index >= 15 is 0 Å². The molecule has 2 N–H and O–H groups in total. The predicted octanol–water partition coefficient (Wildman–Crippen LogP) is 3.04. The summed E-state index contributed by atoms with van der Waals surface area (Å²) in [5.41, 5.74) is -1.34. The fourth-order valence-electron chi connectivity index (χ4n) is 1.40. The van der Waals surface area contributed by atoms with Crippen LogP contribution in [0.3, 0.4) is 0 Å². The smallest absolute Gasteiger partial charge is 0.418 e. The maximum absolute atomic E-state index is 12.7. The molecule has 0 aliphatic carbocycles. The van der Waals surface area contributed by atoms with Crippen LogP contribution in [0.25, 0.3) is 11.0 Å². The van der Waals surface area contributed by atoms with Crippen LogP contribution in [0.15, 0.2) is 16.6 Å². The first kappa shape index (κ1) is 11.9. The average molecular weight is 309 g/mol. The second kappa shape index (κ2) is 3.73. The summed E-state index contributed by atoms with van der Waals surface area (Å²) in [5.74, 6) is -1.94. The number of imidazole rings is 1. The Hall–Kier alpha value is -1.57. The molecule has 0 radical (unpaired) electrons. The first-order chi connectivity index (χ1) is 7.79. The van der Waals surface area contributed by atoms with Gasteiger partial charge in [-0.05, 0) is 12.1 Å². The normalized spacial score (nSPS) is 12.0. The molecule has 90 valence electrons. The van der Waals surface area contributed by atoms with Crippen molar-refractivity contribution in [3.63, 3.8) is 0 Å². The van der Waals surface area contributed by atoms with Crippen LogP contribution in [-0.2, 0) is 6.18 Å². The molecule has 17 heavy (non-hydrogen) atoms. The van der Waals surface area contributed by atoms with Crippen molar-refractivity contribution in [1.82, 2.24) is 9.97 Å². The Morgan fingerprint density at radius 3 is 2.59 bits per heavy atom. The van der Waals surface area contributed by atoms with Crippen LogP contribution in [0.2, 0.25) is 0 Å². The largest absolute Gasteiger partial charge is 0.475 e. The highest BCUT2D eigenvalue weighted by molar-refractivity contribution is 9.10. The third-order valence-corrected chi connectivity index (χ3v) is 2.52. The van der Waals surface area contributed by atoms with Crippen molar-refractivity contribution >= 4 is 32.9 Å². The zero-order valence-electron chi connectivity index (χ0n) is 7.97. The number of hydrogen-bond donors (Lipinski definition) is 2. The van der Waals surface area contributed by atoms with Gasteiger partial charge in [0.15, 0.2) is 0 Å². The highest BCUT2D eigenvalue weighted by atomic mass is 79.9. The molecule has 2 aromatic rings. The number of nitrogens with zero attached hydrogens (tertiary/aromatic N) is 1. The Labute approximate surface area is 101 Å². The first-order valence-electron chi connectivity index (χ1n) is 4.29. The Bertz CT molecular complexity index is 606. The van der Waals surface area contributed by atoms with Gasteiger partial charge in [-0.25, -0.2) is 9.78 Å². The van der Waals surface area contributed by atoms with Gasteiger partial charge in [-0.1, -0.05) is 15.9 Å². The lowest BCUT2D eigenvalue weighted by molar-refractivity contribution is -0.136. The number of alkyl halides is 3. The van der Waals surface area contributed by atoms with E-state index < -0.39 is 23.5 Å². The molecule has 1 heterocycles. The zero-order chi connectivity index (χ0) is 12.8. The summed E-state index contributed by atoms with van der Waals surface area (Å²) in [5, 5.41) is 8.66. The molecule has 1 aromatic heterocycles. The number of aromatic carboxylic acids is 1. The highest BCUT2D eigenvalue weighted by Crippen LogP contribution is 2.36. The van der Waals surface area contributed by atoms with Gasteiger partial charge in [-0.15, -0.1) is 0 Å². The number of carbonyl (C=O) groups is 1. The predicted molar refractivity (Wildman–Crippen MR) is 55.8 cm³/mol. The van der Waals surface area contributed by atoms with E-state index in [0.717, 1.165) is 6.07 Å². The van der Waals surface area contributed by atoms with Crippen LogP contribution in [0.4, 0.5) is 13.2 Å². The maximum atomic E-state index is 12.7. The minimum atomic E-state index is -4.58. The molecule has 1 aromatic carbocycles.